The minimum absolute atomic E-state index is 0.314. The van der Waals surface area contributed by atoms with Gasteiger partial charge >= 0.3 is 5.97 Å². The maximum atomic E-state index is 11.4. The van der Waals surface area contributed by atoms with E-state index in [1.165, 1.54) is 18.8 Å². The van der Waals surface area contributed by atoms with E-state index in [0.717, 1.165) is 18.8 Å². The van der Waals surface area contributed by atoms with Crippen LogP contribution in [0.5, 0.6) is 5.75 Å². The Kier molecular flexibility index (Phi) is 6.87. The number of carbonyl (C=O) groups excluding carboxylic acids is 1. The zero-order chi connectivity index (χ0) is 16.8. The number of hydrogen-bond donors (Lipinski definition) is 0. The molecule has 0 aliphatic carbocycles. The largest absolute Gasteiger partial charge is 0.494 e. The number of methoxy groups -OCH3 is 1. The van der Waals surface area contributed by atoms with Gasteiger partial charge in [0.15, 0.2) is 0 Å². The summed E-state index contributed by atoms with van der Waals surface area (Å²) in [7, 11) is -0.658. The molecule has 1 aromatic rings. The van der Waals surface area contributed by atoms with E-state index in [-0.39, 0.29) is 5.97 Å². The van der Waals surface area contributed by atoms with Crippen molar-refractivity contribution in [2.45, 2.75) is 50.9 Å². The highest BCUT2D eigenvalue weighted by Crippen LogP contribution is 2.24. The summed E-state index contributed by atoms with van der Waals surface area (Å²) < 4.78 is 10.5. The van der Waals surface area contributed by atoms with Gasteiger partial charge in [0.25, 0.3) is 0 Å². The Labute approximate surface area is 137 Å². The lowest BCUT2D eigenvalue weighted by molar-refractivity contribution is 0.0600. The van der Waals surface area contributed by atoms with Gasteiger partial charge in [-0.25, -0.2) is 4.79 Å². The molecule has 3 nitrogen and oxygen atoms in total. The van der Waals surface area contributed by atoms with Gasteiger partial charge in [0, 0.05) is 16.1 Å². The Hall–Kier alpha value is -1.08. The first-order valence-electron chi connectivity index (χ1n) is 7.94. The molecule has 22 heavy (non-hydrogen) atoms. The third kappa shape index (κ3) is 7.27. The molecule has 5 heteroatoms. The van der Waals surface area contributed by atoms with Crippen molar-refractivity contribution < 1.29 is 14.3 Å². The van der Waals surface area contributed by atoms with E-state index in [9.17, 15) is 4.79 Å². The molecule has 0 aliphatic heterocycles. The molecule has 1 aromatic carbocycles. The third-order valence-corrected chi connectivity index (χ3v) is 13.3. The lowest BCUT2D eigenvalue weighted by atomic mass is 10.2. The second-order valence-electron chi connectivity index (χ2n) is 7.87. The predicted octanol–water partition coefficient (Wildman–Crippen LogP) is 4.83. The van der Waals surface area contributed by atoms with E-state index in [0.29, 0.717) is 5.56 Å². The molecule has 0 fully saturated rings. The van der Waals surface area contributed by atoms with Crippen molar-refractivity contribution in [3.8, 4) is 5.75 Å². The fourth-order valence-electron chi connectivity index (χ4n) is 3.07. The molecule has 0 aromatic heterocycles. The first-order chi connectivity index (χ1) is 10.1. The Morgan fingerprint density at radius 2 is 1.64 bits per heavy atom. The van der Waals surface area contributed by atoms with Crippen molar-refractivity contribution in [1.29, 1.82) is 0 Å². The summed E-state index contributed by atoms with van der Waals surface area (Å²) >= 11 is 0. The molecule has 0 spiro atoms. The van der Waals surface area contributed by atoms with Crippen LogP contribution < -0.4 is 4.74 Å². The number of hydrogen-bond acceptors (Lipinski definition) is 3. The zero-order valence-electron chi connectivity index (χ0n) is 14.9. The van der Waals surface area contributed by atoms with Crippen LogP contribution >= 0.6 is 0 Å². The Morgan fingerprint density at radius 1 is 1.05 bits per heavy atom. The average Bonchev–Trinajstić information content (AvgIpc) is 2.41. The van der Waals surface area contributed by atoms with Crippen LogP contribution in [0.25, 0.3) is 0 Å². The molecule has 0 bridgehead atoms. The third-order valence-electron chi connectivity index (χ3n) is 3.55. The summed E-state index contributed by atoms with van der Waals surface area (Å²) in [5, 5.41) is 0. The number of benzene rings is 1. The highest BCUT2D eigenvalue weighted by molar-refractivity contribution is 6.94. The standard InChI is InChI=1S/C17H30O3Si2/c1-19-17(18)15-8-10-16(11-9-15)20-12-7-13-22(5,6)14-21(2,3)4/h8-11H,7,12-14H2,1-6H3. The van der Waals surface area contributed by atoms with Crippen molar-refractivity contribution in [2.75, 3.05) is 13.7 Å². The molecule has 0 saturated heterocycles. The number of esters is 1. The van der Waals surface area contributed by atoms with E-state index in [1.807, 2.05) is 12.1 Å². The molecule has 1 rings (SSSR count). The highest BCUT2D eigenvalue weighted by atomic mass is 28.4. The summed E-state index contributed by atoms with van der Waals surface area (Å²) in [6, 6.07) is 8.46. The molecule has 0 saturated carbocycles. The Morgan fingerprint density at radius 3 is 2.14 bits per heavy atom. The van der Waals surface area contributed by atoms with Crippen LogP contribution in [0, 0.1) is 0 Å². The van der Waals surface area contributed by atoms with Crippen LogP contribution in [0.3, 0.4) is 0 Å². The Balaban J connectivity index is 2.37. The van der Waals surface area contributed by atoms with Gasteiger partial charge in [-0.3, -0.25) is 0 Å². The first kappa shape index (κ1) is 19.0. The SMILES string of the molecule is COC(=O)c1ccc(OCCC[Si](C)(C)C[Si](C)(C)C)cc1. The smallest absolute Gasteiger partial charge is 0.337 e. The minimum Gasteiger partial charge on any atom is -0.494 e. The van der Waals surface area contributed by atoms with Crippen LogP contribution in [-0.2, 0) is 4.74 Å². The monoisotopic (exact) mass is 338 g/mol. The van der Waals surface area contributed by atoms with Crippen LogP contribution in [0.1, 0.15) is 16.8 Å². The molecule has 124 valence electrons. The predicted molar refractivity (Wildman–Crippen MR) is 98.3 cm³/mol. The number of rotatable bonds is 8. The van der Waals surface area contributed by atoms with E-state index in [1.54, 1.807) is 12.1 Å². The molecular weight excluding hydrogens is 308 g/mol. The quantitative estimate of drug-likeness (QED) is 0.387. The van der Waals surface area contributed by atoms with Gasteiger partial charge in [-0.15, -0.1) is 0 Å². The van der Waals surface area contributed by atoms with Crippen molar-refractivity contribution in [1.82, 2.24) is 0 Å². The maximum Gasteiger partial charge on any atom is 0.337 e. The summed E-state index contributed by atoms with van der Waals surface area (Å²) in [6.45, 7) is 13.1. The van der Waals surface area contributed by atoms with E-state index < -0.39 is 16.1 Å². The lowest BCUT2D eigenvalue weighted by Crippen LogP contribution is -2.37. The van der Waals surface area contributed by atoms with Crippen LogP contribution in [0.4, 0.5) is 0 Å². The van der Waals surface area contributed by atoms with Gasteiger partial charge in [0.05, 0.1) is 19.3 Å². The summed E-state index contributed by atoms with van der Waals surface area (Å²) in [6.07, 6.45) is 1.11. The second-order valence-corrected chi connectivity index (χ2v) is 19.2. The molecule has 0 N–H and O–H groups in total. The topological polar surface area (TPSA) is 35.5 Å². The summed E-state index contributed by atoms with van der Waals surface area (Å²) in [4.78, 5) is 11.4. The highest BCUT2D eigenvalue weighted by Gasteiger charge is 2.27. The van der Waals surface area contributed by atoms with Crippen molar-refractivity contribution in [3.63, 3.8) is 0 Å². The van der Waals surface area contributed by atoms with E-state index in [4.69, 9.17) is 4.74 Å². The van der Waals surface area contributed by atoms with Crippen molar-refractivity contribution in [3.05, 3.63) is 29.8 Å². The maximum absolute atomic E-state index is 11.4. The molecule has 0 unspecified atom stereocenters. The minimum atomic E-state index is -1.09. The van der Waals surface area contributed by atoms with Gasteiger partial charge in [0.1, 0.15) is 5.75 Å². The van der Waals surface area contributed by atoms with E-state index >= 15 is 0 Å². The number of ether oxygens (including phenoxy) is 2. The van der Waals surface area contributed by atoms with Crippen molar-refractivity contribution >= 4 is 22.1 Å². The second kappa shape index (κ2) is 7.97. The molecule has 0 aliphatic rings. The summed E-state index contributed by atoms with van der Waals surface area (Å²) in [5.41, 5.74) is 2.03. The first-order valence-corrected chi connectivity index (χ1v) is 15.1. The van der Waals surface area contributed by atoms with Gasteiger partial charge in [0.2, 0.25) is 0 Å². The van der Waals surface area contributed by atoms with Crippen LogP contribution in [-0.4, -0.2) is 35.8 Å². The summed E-state index contributed by atoms with van der Waals surface area (Å²) in [5.74, 6) is 0.503. The van der Waals surface area contributed by atoms with E-state index in [2.05, 4.69) is 37.5 Å². The zero-order valence-corrected chi connectivity index (χ0v) is 16.9. The van der Waals surface area contributed by atoms with Crippen LogP contribution in [0.15, 0.2) is 24.3 Å². The van der Waals surface area contributed by atoms with Crippen molar-refractivity contribution in [2.24, 2.45) is 0 Å². The Bertz CT molecular complexity index is 476. The average molecular weight is 339 g/mol. The fraction of sp³-hybridized carbons (Fsp3) is 0.588. The molecular formula is C17H30O3Si2. The van der Waals surface area contributed by atoms with Gasteiger partial charge < -0.3 is 9.47 Å². The fourth-order valence-corrected chi connectivity index (χ4v) is 16.4. The lowest BCUT2D eigenvalue weighted by Gasteiger charge is -2.29. The molecule has 0 atom stereocenters. The molecule has 0 radical (unpaired) electrons. The number of carbonyl (C=O) groups is 1. The normalized spacial score (nSPS) is 12.1. The molecule has 0 amide bonds. The van der Waals surface area contributed by atoms with Gasteiger partial charge in [-0.2, -0.15) is 0 Å². The van der Waals surface area contributed by atoms with Gasteiger partial charge in [-0.1, -0.05) is 44.4 Å². The van der Waals surface area contributed by atoms with Gasteiger partial charge in [-0.05, 0) is 30.7 Å². The van der Waals surface area contributed by atoms with Crippen LogP contribution in [0.2, 0.25) is 44.4 Å². The molecule has 0 heterocycles.